The molecule has 1 aromatic rings. The summed E-state index contributed by atoms with van der Waals surface area (Å²) in [4.78, 5) is 40.2. The maximum Gasteiger partial charge on any atom is 0.323 e. The first-order valence-electron chi connectivity index (χ1n) is 7.16. The second kappa shape index (κ2) is 7.54. The van der Waals surface area contributed by atoms with Crippen molar-refractivity contribution in [3.05, 3.63) is 18.3 Å². The smallest absolute Gasteiger partial charge is 0.323 e. The summed E-state index contributed by atoms with van der Waals surface area (Å²) in [6, 6.07) is 3.39. The zero-order chi connectivity index (χ0) is 16.8. The van der Waals surface area contributed by atoms with Crippen LogP contribution >= 0.6 is 0 Å². The van der Waals surface area contributed by atoms with Crippen LogP contribution in [0.25, 0.3) is 0 Å². The van der Waals surface area contributed by atoms with Crippen LogP contribution in [0.1, 0.15) is 12.8 Å². The predicted octanol–water partition coefficient (Wildman–Crippen LogP) is -0.601. The Hall–Kier alpha value is -2.68. The van der Waals surface area contributed by atoms with Crippen molar-refractivity contribution in [2.75, 3.05) is 30.4 Å². The van der Waals surface area contributed by atoms with Gasteiger partial charge in [-0.15, -0.1) is 0 Å². The second-order valence-corrected chi connectivity index (χ2v) is 5.12. The molecule has 0 aliphatic carbocycles. The van der Waals surface area contributed by atoms with Gasteiger partial charge in [0.1, 0.15) is 5.82 Å². The Balaban J connectivity index is 1.92. The van der Waals surface area contributed by atoms with Gasteiger partial charge < -0.3 is 15.0 Å². The Morgan fingerprint density at radius 3 is 2.48 bits per heavy atom. The normalized spacial score (nSPS) is 15.0. The molecule has 4 N–H and O–H groups in total. The van der Waals surface area contributed by atoms with Crippen molar-refractivity contribution in [1.82, 2.24) is 10.4 Å². The summed E-state index contributed by atoms with van der Waals surface area (Å²) in [6.45, 7) is 1.40. The number of piperidine rings is 1. The van der Waals surface area contributed by atoms with E-state index in [1.54, 1.807) is 17.6 Å². The maximum absolute atomic E-state index is 11.5. The minimum Gasteiger partial charge on any atom is -0.469 e. The average molecular weight is 321 g/mol. The number of hydrogen-bond donors (Lipinski definition) is 3. The molecule has 2 heterocycles. The zero-order valence-electron chi connectivity index (χ0n) is 12.7. The fourth-order valence-corrected chi connectivity index (χ4v) is 2.41. The molecule has 2 amide bonds. The molecule has 1 aliphatic rings. The van der Waals surface area contributed by atoms with E-state index >= 15 is 0 Å². The van der Waals surface area contributed by atoms with Gasteiger partial charge in [-0.05, 0) is 25.0 Å². The predicted molar refractivity (Wildman–Crippen MR) is 82.1 cm³/mol. The van der Waals surface area contributed by atoms with E-state index in [-0.39, 0.29) is 11.9 Å². The number of carbonyl (C=O) groups is 3. The molecule has 0 atom stereocenters. The third-order valence-corrected chi connectivity index (χ3v) is 3.70. The third-order valence-electron chi connectivity index (χ3n) is 3.70. The monoisotopic (exact) mass is 321 g/mol. The van der Waals surface area contributed by atoms with Crippen LogP contribution in [0.15, 0.2) is 18.3 Å². The summed E-state index contributed by atoms with van der Waals surface area (Å²) in [5.74, 6) is 3.59. The minimum atomic E-state index is -0.932. The number of hydrogen-bond acceptors (Lipinski definition) is 7. The van der Waals surface area contributed by atoms with Crippen LogP contribution < -0.4 is 21.5 Å². The molecule has 2 rings (SSSR count). The van der Waals surface area contributed by atoms with Crippen LogP contribution in [0.5, 0.6) is 0 Å². The highest BCUT2D eigenvalue weighted by molar-refractivity contribution is 6.39. The van der Waals surface area contributed by atoms with E-state index in [4.69, 9.17) is 10.6 Å². The number of nitrogens with one attached hydrogen (secondary N) is 2. The van der Waals surface area contributed by atoms with E-state index in [9.17, 15) is 14.4 Å². The van der Waals surface area contributed by atoms with E-state index in [2.05, 4.69) is 15.2 Å². The highest BCUT2D eigenvalue weighted by Gasteiger charge is 2.26. The van der Waals surface area contributed by atoms with Gasteiger partial charge in [0.05, 0.1) is 24.9 Å². The van der Waals surface area contributed by atoms with E-state index in [1.807, 2.05) is 0 Å². The molecule has 9 nitrogen and oxygen atoms in total. The lowest BCUT2D eigenvalue weighted by atomic mass is 9.97. The Kier molecular flexibility index (Phi) is 5.47. The van der Waals surface area contributed by atoms with Gasteiger partial charge in [-0.2, -0.15) is 0 Å². The van der Waals surface area contributed by atoms with E-state index in [0.717, 1.165) is 5.82 Å². The lowest BCUT2D eigenvalue weighted by molar-refractivity contribution is -0.146. The van der Waals surface area contributed by atoms with Crippen LogP contribution in [0.2, 0.25) is 0 Å². The molecule has 1 fully saturated rings. The molecule has 23 heavy (non-hydrogen) atoms. The Morgan fingerprint density at radius 2 is 1.96 bits per heavy atom. The number of carbonyl (C=O) groups excluding carboxylic acids is 3. The van der Waals surface area contributed by atoms with E-state index in [0.29, 0.717) is 31.6 Å². The summed E-state index contributed by atoms with van der Waals surface area (Å²) in [6.07, 6.45) is 2.89. The van der Waals surface area contributed by atoms with Crippen LogP contribution in [0.4, 0.5) is 11.5 Å². The second-order valence-electron chi connectivity index (χ2n) is 5.12. The van der Waals surface area contributed by atoms with Crippen molar-refractivity contribution in [3.63, 3.8) is 0 Å². The summed E-state index contributed by atoms with van der Waals surface area (Å²) in [7, 11) is 1.40. The number of nitrogens with zero attached hydrogens (tertiary/aromatic N) is 2. The first kappa shape index (κ1) is 16.7. The van der Waals surface area contributed by atoms with Crippen LogP contribution in [-0.4, -0.2) is 43.0 Å². The molecule has 9 heteroatoms. The van der Waals surface area contributed by atoms with Crippen molar-refractivity contribution in [2.45, 2.75) is 12.8 Å². The molecule has 0 spiro atoms. The molecule has 124 valence electrons. The van der Waals surface area contributed by atoms with E-state index < -0.39 is 11.8 Å². The topological polar surface area (TPSA) is 127 Å². The first-order valence-corrected chi connectivity index (χ1v) is 7.16. The Labute approximate surface area is 133 Å². The van der Waals surface area contributed by atoms with Crippen molar-refractivity contribution in [1.29, 1.82) is 0 Å². The number of esters is 1. The van der Waals surface area contributed by atoms with Crippen molar-refractivity contribution < 1.29 is 19.1 Å². The van der Waals surface area contributed by atoms with Crippen molar-refractivity contribution in [2.24, 2.45) is 11.8 Å². The minimum absolute atomic E-state index is 0.0652. The van der Waals surface area contributed by atoms with Crippen LogP contribution in [0, 0.1) is 5.92 Å². The zero-order valence-corrected chi connectivity index (χ0v) is 12.7. The first-order chi connectivity index (χ1) is 11.0. The fourth-order valence-electron chi connectivity index (χ4n) is 2.41. The molecule has 0 aromatic carbocycles. The Morgan fingerprint density at radius 1 is 1.26 bits per heavy atom. The number of amides is 2. The number of ether oxygens (including phenoxy) is 1. The van der Waals surface area contributed by atoms with Crippen LogP contribution in [0.3, 0.4) is 0 Å². The van der Waals surface area contributed by atoms with Crippen molar-refractivity contribution in [3.8, 4) is 0 Å². The lowest BCUT2D eigenvalue weighted by Gasteiger charge is -2.31. The maximum atomic E-state index is 11.5. The lowest BCUT2D eigenvalue weighted by Crippen LogP contribution is -2.39. The SMILES string of the molecule is COC(=O)C1CCN(c2ccc(NC(=O)C(=O)NN)cn2)CC1. The van der Waals surface area contributed by atoms with Crippen LogP contribution in [-0.2, 0) is 19.1 Å². The highest BCUT2D eigenvalue weighted by atomic mass is 16.5. The summed E-state index contributed by atoms with van der Waals surface area (Å²) < 4.78 is 4.76. The number of pyridine rings is 1. The number of methoxy groups -OCH3 is 1. The molecule has 0 unspecified atom stereocenters. The third kappa shape index (κ3) is 4.16. The molecule has 0 radical (unpaired) electrons. The summed E-state index contributed by atoms with van der Waals surface area (Å²) in [5.41, 5.74) is 2.14. The molecular formula is C14H19N5O4. The number of anilines is 2. The quantitative estimate of drug-likeness (QED) is 0.223. The molecule has 0 saturated carbocycles. The van der Waals surface area contributed by atoms with Crippen molar-refractivity contribution >= 4 is 29.3 Å². The average Bonchev–Trinajstić information content (AvgIpc) is 2.61. The highest BCUT2D eigenvalue weighted by Crippen LogP contribution is 2.23. The molecule has 1 aliphatic heterocycles. The van der Waals surface area contributed by atoms with Gasteiger partial charge in [0, 0.05) is 13.1 Å². The van der Waals surface area contributed by atoms with Gasteiger partial charge in [-0.3, -0.25) is 19.8 Å². The number of hydrazine groups is 1. The van der Waals surface area contributed by atoms with Gasteiger partial charge in [0.15, 0.2) is 0 Å². The van der Waals surface area contributed by atoms with Gasteiger partial charge in [-0.25, -0.2) is 10.8 Å². The Bertz CT molecular complexity index is 581. The molecule has 1 aromatic heterocycles. The number of aromatic nitrogens is 1. The van der Waals surface area contributed by atoms with Gasteiger partial charge in [0.2, 0.25) is 0 Å². The fraction of sp³-hybridized carbons (Fsp3) is 0.429. The number of nitrogens with two attached hydrogens (primary N) is 1. The molecule has 0 bridgehead atoms. The number of rotatable bonds is 3. The van der Waals surface area contributed by atoms with Gasteiger partial charge in [0.25, 0.3) is 0 Å². The standard InChI is InChI=1S/C14H19N5O4/c1-23-14(22)9-4-6-19(7-5-9)11-3-2-10(8-16-11)17-12(20)13(21)18-15/h2-3,8-9H,4-7,15H2,1H3,(H,17,20)(H,18,21). The molecular weight excluding hydrogens is 302 g/mol. The van der Waals surface area contributed by atoms with Gasteiger partial charge in [-0.1, -0.05) is 0 Å². The summed E-state index contributed by atoms with van der Waals surface area (Å²) in [5, 5.41) is 2.38. The largest absolute Gasteiger partial charge is 0.469 e. The summed E-state index contributed by atoms with van der Waals surface area (Å²) >= 11 is 0. The van der Waals surface area contributed by atoms with E-state index in [1.165, 1.54) is 13.3 Å². The molecule has 1 saturated heterocycles. The van der Waals surface area contributed by atoms with Gasteiger partial charge >= 0.3 is 17.8 Å².